The van der Waals surface area contributed by atoms with E-state index in [1.807, 2.05) is 6.92 Å². The number of likely N-dealkylation sites (tertiary alicyclic amines) is 1. The summed E-state index contributed by atoms with van der Waals surface area (Å²) >= 11 is 0. The molecule has 1 aromatic heterocycles. The van der Waals surface area contributed by atoms with Crippen LogP contribution < -0.4 is 15.4 Å². The molecule has 0 bridgehead atoms. The van der Waals surface area contributed by atoms with Crippen LogP contribution in [-0.2, 0) is 11.0 Å². The van der Waals surface area contributed by atoms with Crippen molar-refractivity contribution in [1.29, 1.82) is 0 Å². The van der Waals surface area contributed by atoms with E-state index in [9.17, 15) is 22.4 Å². The lowest BCUT2D eigenvalue weighted by Gasteiger charge is -2.24. The van der Waals surface area contributed by atoms with E-state index < -0.39 is 24.4 Å². The highest BCUT2D eigenvalue weighted by Gasteiger charge is 2.35. The highest BCUT2D eigenvalue weighted by atomic mass is 19.4. The van der Waals surface area contributed by atoms with Crippen LogP contribution in [0.4, 0.5) is 35.0 Å². The minimum atomic E-state index is -4.61. The molecular formula is C19H21F4N5O2. The smallest absolute Gasteiger partial charge is 0.421 e. The molecule has 1 aliphatic heterocycles. The van der Waals surface area contributed by atoms with Crippen molar-refractivity contribution >= 4 is 23.9 Å². The maximum absolute atomic E-state index is 13.0. The Bertz CT molecular complexity index is 923. The van der Waals surface area contributed by atoms with Gasteiger partial charge in [0, 0.05) is 19.8 Å². The Balaban J connectivity index is 1.96. The van der Waals surface area contributed by atoms with E-state index >= 15 is 0 Å². The van der Waals surface area contributed by atoms with E-state index in [-0.39, 0.29) is 17.7 Å². The van der Waals surface area contributed by atoms with Gasteiger partial charge in [-0.05, 0) is 43.0 Å². The Morgan fingerprint density at radius 2 is 2.13 bits per heavy atom. The van der Waals surface area contributed by atoms with Crippen LogP contribution in [0.1, 0.15) is 35.6 Å². The molecule has 0 radical (unpaired) electrons. The fourth-order valence-electron chi connectivity index (χ4n) is 3.55. The van der Waals surface area contributed by atoms with Crippen molar-refractivity contribution in [3.05, 3.63) is 35.0 Å². The number of rotatable bonds is 7. The van der Waals surface area contributed by atoms with Gasteiger partial charge >= 0.3 is 6.18 Å². The number of ether oxygens (including phenoxy) is 1. The molecule has 0 spiro atoms. The second-order valence-corrected chi connectivity index (χ2v) is 6.79. The average Bonchev–Trinajstić information content (AvgIpc) is 3.17. The summed E-state index contributed by atoms with van der Waals surface area (Å²) in [5.41, 5.74) is 0.921. The number of aromatic nitrogens is 2. The van der Waals surface area contributed by atoms with E-state index in [0.29, 0.717) is 18.4 Å². The molecule has 1 unspecified atom stereocenters. The number of nitrogens with one attached hydrogen (secondary N) is 2. The summed E-state index contributed by atoms with van der Waals surface area (Å²) in [6.45, 7) is 1.36. The molecule has 11 heteroatoms. The van der Waals surface area contributed by atoms with Crippen LogP contribution in [0.2, 0.25) is 0 Å². The minimum Gasteiger partial charge on any atom is -0.461 e. The zero-order valence-electron chi connectivity index (χ0n) is 16.4. The van der Waals surface area contributed by atoms with E-state index in [1.54, 1.807) is 17.0 Å². The molecule has 7 nitrogen and oxygen atoms in total. The van der Waals surface area contributed by atoms with Crippen LogP contribution >= 0.6 is 0 Å². The van der Waals surface area contributed by atoms with Crippen molar-refractivity contribution in [1.82, 2.24) is 14.9 Å². The number of carbonyl (C=O) groups excluding carboxylic acids is 1. The summed E-state index contributed by atoms with van der Waals surface area (Å²) in [7, 11) is 1.32. The number of aryl methyl sites for hydroxylation is 1. The lowest BCUT2D eigenvalue weighted by Crippen LogP contribution is -2.22. The van der Waals surface area contributed by atoms with Gasteiger partial charge in [-0.2, -0.15) is 18.2 Å². The third kappa shape index (κ3) is 4.39. The van der Waals surface area contributed by atoms with Crippen molar-refractivity contribution in [2.45, 2.75) is 32.0 Å². The number of nitrogens with zero attached hydrogens (tertiary/aromatic N) is 3. The lowest BCUT2D eigenvalue weighted by atomic mass is 9.98. The Morgan fingerprint density at radius 3 is 2.77 bits per heavy atom. The molecule has 1 amide bonds. The number of carbonyl (C=O) groups is 1. The zero-order valence-corrected chi connectivity index (χ0v) is 16.4. The molecule has 1 atom stereocenters. The third-order valence-corrected chi connectivity index (χ3v) is 4.94. The number of benzene rings is 1. The van der Waals surface area contributed by atoms with Crippen molar-refractivity contribution in [3.63, 3.8) is 0 Å². The first-order chi connectivity index (χ1) is 14.3. The molecule has 0 aliphatic carbocycles. The summed E-state index contributed by atoms with van der Waals surface area (Å²) in [5.74, 6) is -0.363. The number of alkyl halides is 4. The van der Waals surface area contributed by atoms with E-state index in [2.05, 4.69) is 20.6 Å². The van der Waals surface area contributed by atoms with Crippen LogP contribution in [0.5, 0.6) is 5.75 Å². The van der Waals surface area contributed by atoms with Crippen LogP contribution in [0.15, 0.2) is 18.3 Å². The maximum Gasteiger partial charge on any atom is 0.421 e. The van der Waals surface area contributed by atoms with Crippen LogP contribution in [0.3, 0.4) is 0 Å². The van der Waals surface area contributed by atoms with Gasteiger partial charge in [-0.1, -0.05) is 0 Å². The molecule has 2 N–H and O–H groups in total. The van der Waals surface area contributed by atoms with Gasteiger partial charge in [0.1, 0.15) is 17.1 Å². The zero-order chi connectivity index (χ0) is 21.9. The quantitative estimate of drug-likeness (QED) is 0.510. The van der Waals surface area contributed by atoms with Gasteiger partial charge in [0.15, 0.2) is 0 Å². The van der Waals surface area contributed by atoms with Gasteiger partial charge in [0.2, 0.25) is 19.2 Å². The van der Waals surface area contributed by atoms with Gasteiger partial charge in [-0.3, -0.25) is 4.79 Å². The minimum absolute atomic E-state index is 0.112. The standard InChI is InChI=1S/C19H21F4N5O2/c1-11-6-14(26-18-25-8-13(19(21,22)23)17(24-2)27-18)16(30-9-20)7-12(11)15-4-3-5-28(15)10-29/h6-8,10,15H,3-5,9H2,1-2H3,(H2,24,25,26,27). The first-order valence-electron chi connectivity index (χ1n) is 9.21. The number of amides is 1. The lowest BCUT2D eigenvalue weighted by molar-refractivity contribution is -0.137. The number of halogens is 4. The van der Waals surface area contributed by atoms with Gasteiger partial charge in [0.25, 0.3) is 0 Å². The SMILES string of the molecule is CNc1nc(Nc2cc(C)c(C3CCCN3C=O)cc2OCF)ncc1C(F)(F)F. The topological polar surface area (TPSA) is 79.4 Å². The average molecular weight is 427 g/mol. The largest absolute Gasteiger partial charge is 0.461 e. The molecule has 1 saturated heterocycles. The summed E-state index contributed by atoms with van der Waals surface area (Å²) in [6.07, 6.45) is -1.53. The predicted molar refractivity (Wildman–Crippen MR) is 102 cm³/mol. The first-order valence-corrected chi connectivity index (χ1v) is 9.21. The summed E-state index contributed by atoms with van der Waals surface area (Å²) in [5, 5.41) is 5.19. The van der Waals surface area contributed by atoms with Gasteiger partial charge in [-0.25, -0.2) is 9.37 Å². The van der Waals surface area contributed by atoms with E-state index in [0.717, 1.165) is 30.4 Å². The fourth-order valence-corrected chi connectivity index (χ4v) is 3.55. The predicted octanol–water partition coefficient (Wildman–Crippen LogP) is 4.19. The molecule has 2 heterocycles. The van der Waals surface area contributed by atoms with Crippen molar-refractivity contribution in [2.75, 3.05) is 31.1 Å². The molecule has 162 valence electrons. The molecule has 2 aromatic rings. The molecular weight excluding hydrogens is 406 g/mol. The van der Waals surface area contributed by atoms with E-state index in [4.69, 9.17) is 4.74 Å². The second kappa shape index (κ2) is 8.72. The Morgan fingerprint density at radius 1 is 1.37 bits per heavy atom. The van der Waals surface area contributed by atoms with Crippen LogP contribution in [0, 0.1) is 6.92 Å². The normalized spacial score (nSPS) is 16.5. The van der Waals surface area contributed by atoms with Crippen molar-refractivity contribution in [2.24, 2.45) is 0 Å². The number of anilines is 3. The molecule has 3 rings (SSSR count). The highest BCUT2D eigenvalue weighted by molar-refractivity contribution is 5.67. The summed E-state index contributed by atoms with van der Waals surface area (Å²) in [4.78, 5) is 20.5. The monoisotopic (exact) mass is 427 g/mol. The number of hydrogen-bond acceptors (Lipinski definition) is 6. The van der Waals surface area contributed by atoms with E-state index in [1.165, 1.54) is 7.05 Å². The van der Waals surface area contributed by atoms with Gasteiger partial charge in [0.05, 0.1) is 11.7 Å². The fraction of sp³-hybridized carbons (Fsp3) is 0.421. The molecule has 0 saturated carbocycles. The summed E-state index contributed by atoms with van der Waals surface area (Å²) < 4.78 is 57.2. The molecule has 30 heavy (non-hydrogen) atoms. The van der Waals surface area contributed by atoms with Crippen LogP contribution in [0.25, 0.3) is 0 Å². The van der Waals surface area contributed by atoms with Gasteiger partial charge in [-0.15, -0.1) is 0 Å². The second-order valence-electron chi connectivity index (χ2n) is 6.79. The third-order valence-electron chi connectivity index (χ3n) is 4.94. The van der Waals surface area contributed by atoms with Crippen LogP contribution in [-0.4, -0.2) is 41.7 Å². The van der Waals surface area contributed by atoms with Gasteiger partial charge < -0.3 is 20.3 Å². The Labute approximate surface area is 170 Å². The van der Waals surface area contributed by atoms with Crippen molar-refractivity contribution in [3.8, 4) is 5.75 Å². The summed E-state index contributed by atoms with van der Waals surface area (Å²) in [6, 6.07) is 3.16. The highest BCUT2D eigenvalue weighted by Crippen LogP contribution is 2.39. The Hall–Kier alpha value is -3.11. The van der Waals surface area contributed by atoms with Crippen molar-refractivity contribution < 1.29 is 27.1 Å². The Kier molecular flexibility index (Phi) is 6.28. The molecule has 1 fully saturated rings. The molecule has 1 aromatic carbocycles. The first kappa shape index (κ1) is 21.6. The maximum atomic E-state index is 13.0. The number of hydrogen-bond donors (Lipinski definition) is 2. The molecule has 1 aliphatic rings.